The van der Waals surface area contributed by atoms with Gasteiger partial charge < -0.3 is 0 Å². The molecule has 0 radical (unpaired) electrons. The lowest BCUT2D eigenvalue weighted by atomic mass is 10.2. The van der Waals surface area contributed by atoms with Gasteiger partial charge in [0.15, 0.2) is 5.16 Å². The van der Waals surface area contributed by atoms with Crippen molar-refractivity contribution in [3.05, 3.63) is 56.7 Å². The van der Waals surface area contributed by atoms with Crippen molar-refractivity contribution >= 4 is 50.7 Å². The standard InChI is InChI=1S/C15H11ClN4OS2/c1-22-15-18-17-14-19(8-9-2-4-10(16)5-3-9)13(21)12-11(20(14)15)6-7-23-12/h2-7H,8H2,1H3. The number of hydrogen-bond donors (Lipinski definition) is 0. The van der Waals surface area contributed by atoms with Crippen molar-refractivity contribution in [2.45, 2.75) is 11.7 Å². The Balaban J connectivity index is 2.00. The molecule has 0 N–H and O–H groups in total. The van der Waals surface area contributed by atoms with E-state index in [9.17, 15) is 4.79 Å². The molecule has 1 aromatic carbocycles. The SMILES string of the molecule is CSc1nnc2n(Cc3ccc(Cl)cc3)c(=O)c3sccc3n12. The molecule has 0 amide bonds. The van der Waals surface area contributed by atoms with E-state index in [1.165, 1.54) is 23.1 Å². The topological polar surface area (TPSA) is 52.2 Å². The Morgan fingerprint density at radius 1 is 1.22 bits per heavy atom. The van der Waals surface area contributed by atoms with E-state index in [2.05, 4.69) is 10.2 Å². The van der Waals surface area contributed by atoms with Crippen LogP contribution >= 0.6 is 34.7 Å². The van der Waals surface area contributed by atoms with Gasteiger partial charge in [0.1, 0.15) is 4.70 Å². The quantitative estimate of drug-likeness (QED) is 0.523. The Morgan fingerprint density at radius 3 is 2.74 bits per heavy atom. The zero-order valence-corrected chi connectivity index (χ0v) is 14.5. The molecule has 0 bridgehead atoms. The molecule has 3 aromatic heterocycles. The van der Waals surface area contributed by atoms with Gasteiger partial charge in [-0.25, -0.2) is 0 Å². The van der Waals surface area contributed by atoms with Crippen LogP contribution in [0, 0.1) is 0 Å². The summed E-state index contributed by atoms with van der Waals surface area (Å²) in [6.07, 6.45) is 1.95. The van der Waals surface area contributed by atoms with Crippen LogP contribution in [0.1, 0.15) is 5.56 Å². The molecule has 0 saturated heterocycles. The lowest BCUT2D eigenvalue weighted by molar-refractivity contribution is 0.765. The van der Waals surface area contributed by atoms with Gasteiger partial charge in [-0.2, -0.15) is 0 Å². The third-order valence-corrected chi connectivity index (χ3v) is 5.39. The van der Waals surface area contributed by atoms with Crippen LogP contribution in [0.15, 0.2) is 45.7 Å². The third kappa shape index (κ3) is 2.36. The van der Waals surface area contributed by atoms with Gasteiger partial charge in [-0.15, -0.1) is 21.5 Å². The Labute approximate surface area is 144 Å². The highest BCUT2D eigenvalue weighted by molar-refractivity contribution is 7.98. The summed E-state index contributed by atoms with van der Waals surface area (Å²) in [5.74, 6) is 0.556. The largest absolute Gasteiger partial charge is 0.273 e. The van der Waals surface area contributed by atoms with Crippen LogP contribution in [0.2, 0.25) is 5.02 Å². The molecule has 0 fully saturated rings. The lowest BCUT2D eigenvalue weighted by Crippen LogP contribution is -2.23. The zero-order valence-electron chi connectivity index (χ0n) is 12.1. The lowest BCUT2D eigenvalue weighted by Gasteiger charge is -2.09. The molecule has 5 nitrogen and oxygen atoms in total. The average molecular weight is 363 g/mol. The minimum absolute atomic E-state index is 0.0440. The maximum absolute atomic E-state index is 12.8. The maximum Gasteiger partial charge on any atom is 0.273 e. The molecule has 0 unspecified atom stereocenters. The number of hydrogen-bond acceptors (Lipinski definition) is 5. The van der Waals surface area contributed by atoms with E-state index >= 15 is 0 Å². The minimum Gasteiger partial charge on any atom is -0.271 e. The van der Waals surface area contributed by atoms with Gasteiger partial charge in [-0.1, -0.05) is 35.5 Å². The molecule has 23 heavy (non-hydrogen) atoms. The first-order valence-electron chi connectivity index (χ1n) is 6.82. The Kier molecular flexibility index (Phi) is 3.63. The molecule has 4 aromatic rings. The van der Waals surface area contributed by atoms with Crippen molar-refractivity contribution in [1.82, 2.24) is 19.2 Å². The first-order valence-corrected chi connectivity index (χ1v) is 9.31. The average Bonchev–Trinajstić information content (AvgIpc) is 3.19. The van der Waals surface area contributed by atoms with Crippen LogP contribution in [-0.4, -0.2) is 25.4 Å². The second kappa shape index (κ2) is 5.67. The minimum atomic E-state index is -0.0440. The second-order valence-corrected chi connectivity index (χ2v) is 7.10. The van der Waals surface area contributed by atoms with Crippen LogP contribution in [0.3, 0.4) is 0 Å². The number of rotatable bonds is 3. The second-order valence-electron chi connectivity index (χ2n) is 4.97. The highest BCUT2D eigenvalue weighted by atomic mass is 35.5. The van der Waals surface area contributed by atoms with Gasteiger partial charge in [0, 0.05) is 5.02 Å². The fraction of sp³-hybridized carbons (Fsp3) is 0.133. The third-order valence-electron chi connectivity index (χ3n) is 3.62. The molecule has 4 rings (SSSR count). The molecule has 3 heterocycles. The Hall–Kier alpha value is -1.83. The number of benzene rings is 1. The van der Waals surface area contributed by atoms with Crippen LogP contribution in [-0.2, 0) is 6.54 Å². The van der Waals surface area contributed by atoms with Crippen molar-refractivity contribution < 1.29 is 0 Å². The van der Waals surface area contributed by atoms with Gasteiger partial charge in [-0.3, -0.25) is 13.8 Å². The number of thioether (sulfide) groups is 1. The van der Waals surface area contributed by atoms with Crippen molar-refractivity contribution in [1.29, 1.82) is 0 Å². The number of thiophene rings is 1. The predicted molar refractivity (Wildman–Crippen MR) is 95.0 cm³/mol. The molecule has 0 saturated carbocycles. The summed E-state index contributed by atoms with van der Waals surface area (Å²) in [6, 6.07) is 9.40. The zero-order chi connectivity index (χ0) is 16.0. The molecule has 0 aliphatic carbocycles. The van der Waals surface area contributed by atoms with E-state index in [1.54, 1.807) is 4.57 Å². The van der Waals surface area contributed by atoms with E-state index < -0.39 is 0 Å². The van der Waals surface area contributed by atoms with E-state index in [1.807, 2.05) is 46.4 Å². The molecule has 0 aliphatic rings. The van der Waals surface area contributed by atoms with Gasteiger partial charge in [0.2, 0.25) is 5.78 Å². The Bertz CT molecular complexity index is 1060. The first-order chi connectivity index (χ1) is 11.2. The summed E-state index contributed by atoms with van der Waals surface area (Å²) in [5, 5.41) is 11.8. The van der Waals surface area contributed by atoms with Crippen molar-refractivity contribution in [2.75, 3.05) is 6.26 Å². The van der Waals surface area contributed by atoms with Crippen LogP contribution in [0.5, 0.6) is 0 Å². The molecule has 0 aliphatic heterocycles. The normalized spacial score (nSPS) is 11.6. The molecule has 0 atom stereocenters. The van der Waals surface area contributed by atoms with Gasteiger partial charge in [0.25, 0.3) is 5.56 Å². The number of fused-ring (bicyclic) bond motifs is 3. The van der Waals surface area contributed by atoms with E-state index in [0.717, 1.165) is 16.2 Å². The van der Waals surface area contributed by atoms with E-state index in [-0.39, 0.29) is 5.56 Å². The monoisotopic (exact) mass is 362 g/mol. The molecular formula is C15H11ClN4OS2. The van der Waals surface area contributed by atoms with Gasteiger partial charge in [-0.05, 0) is 35.4 Å². The smallest absolute Gasteiger partial charge is 0.271 e. The van der Waals surface area contributed by atoms with Crippen molar-refractivity contribution in [2.24, 2.45) is 0 Å². The highest BCUT2D eigenvalue weighted by Gasteiger charge is 2.17. The van der Waals surface area contributed by atoms with Crippen molar-refractivity contribution in [3.8, 4) is 0 Å². The van der Waals surface area contributed by atoms with Crippen molar-refractivity contribution in [3.63, 3.8) is 0 Å². The Morgan fingerprint density at radius 2 is 2.00 bits per heavy atom. The van der Waals surface area contributed by atoms with E-state index in [4.69, 9.17) is 11.6 Å². The summed E-state index contributed by atoms with van der Waals surface area (Å²) in [7, 11) is 0. The summed E-state index contributed by atoms with van der Waals surface area (Å²) >= 11 is 8.88. The van der Waals surface area contributed by atoms with Crippen LogP contribution in [0.25, 0.3) is 16.0 Å². The van der Waals surface area contributed by atoms with Gasteiger partial charge in [0.05, 0.1) is 12.1 Å². The van der Waals surface area contributed by atoms with Crippen LogP contribution < -0.4 is 5.56 Å². The predicted octanol–water partition coefficient (Wildman–Crippen LogP) is 3.53. The number of nitrogens with zero attached hydrogens (tertiary/aromatic N) is 4. The fourth-order valence-electron chi connectivity index (χ4n) is 2.55. The van der Waals surface area contributed by atoms with Crippen LogP contribution in [0.4, 0.5) is 0 Å². The maximum atomic E-state index is 12.8. The summed E-state index contributed by atoms with van der Waals surface area (Å²) in [5.41, 5.74) is 1.80. The van der Waals surface area contributed by atoms with Gasteiger partial charge >= 0.3 is 0 Å². The fourth-order valence-corrected chi connectivity index (χ4v) is 3.98. The molecule has 116 valence electrons. The molecular weight excluding hydrogens is 352 g/mol. The molecule has 8 heteroatoms. The summed E-state index contributed by atoms with van der Waals surface area (Å²) < 4.78 is 4.31. The molecule has 0 spiro atoms. The number of halogens is 1. The van der Waals surface area contributed by atoms with E-state index in [0.29, 0.717) is 22.0 Å². The summed E-state index contributed by atoms with van der Waals surface area (Å²) in [4.78, 5) is 12.8. The highest BCUT2D eigenvalue weighted by Crippen LogP contribution is 2.23. The number of aromatic nitrogens is 4. The first kappa shape index (κ1) is 14.7. The summed E-state index contributed by atoms with van der Waals surface area (Å²) in [6.45, 7) is 0.430.